The third kappa shape index (κ3) is 6.97. The molecule has 2 aliphatic heterocycles. The maximum absolute atomic E-state index is 11.2. The summed E-state index contributed by atoms with van der Waals surface area (Å²) in [4.78, 5) is 6.25. The average molecular weight is 391 g/mol. The Labute approximate surface area is 170 Å². The van der Waals surface area contributed by atoms with Gasteiger partial charge in [0, 0.05) is 25.5 Å². The average Bonchev–Trinajstić information content (AvgIpc) is 3.01. The van der Waals surface area contributed by atoms with E-state index in [4.69, 9.17) is 11.5 Å². The highest BCUT2D eigenvalue weighted by atomic mass is 16.3. The lowest BCUT2D eigenvalue weighted by Gasteiger charge is -2.32. The molecule has 0 fully saturated rings. The zero-order valence-corrected chi connectivity index (χ0v) is 17.5. The molecule has 158 valence electrons. The minimum absolute atomic E-state index is 0.166. The van der Waals surface area contributed by atoms with Gasteiger partial charge >= 0.3 is 0 Å². The van der Waals surface area contributed by atoms with Gasteiger partial charge in [0.15, 0.2) is 5.96 Å². The van der Waals surface area contributed by atoms with Crippen LogP contribution in [0.4, 0.5) is 0 Å². The quantitative estimate of drug-likeness (QED) is 0.140. The molecule has 0 radical (unpaired) electrons. The van der Waals surface area contributed by atoms with Gasteiger partial charge in [-0.05, 0) is 38.2 Å². The number of guanidine groups is 1. The number of nitrogens with zero attached hydrogens (tertiary/aromatic N) is 3. The third-order valence-electron chi connectivity index (χ3n) is 5.71. The van der Waals surface area contributed by atoms with Crippen molar-refractivity contribution in [1.29, 1.82) is 0 Å². The second-order valence-corrected chi connectivity index (χ2v) is 8.02. The topological polar surface area (TPSA) is 90.9 Å². The first-order valence-corrected chi connectivity index (χ1v) is 11.0. The predicted molar refractivity (Wildman–Crippen MR) is 117 cm³/mol. The number of unbranched alkanes of at least 4 members (excludes halogenated alkanes) is 7. The zero-order chi connectivity index (χ0) is 20.2. The summed E-state index contributed by atoms with van der Waals surface area (Å²) in [5.41, 5.74) is 9.94. The molecule has 0 saturated heterocycles. The predicted octanol–water partition coefficient (Wildman–Crippen LogP) is 2.72. The van der Waals surface area contributed by atoms with E-state index in [1.807, 2.05) is 12.2 Å². The van der Waals surface area contributed by atoms with Gasteiger partial charge in [-0.2, -0.15) is 0 Å². The van der Waals surface area contributed by atoms with E-state index in [0.717, 1.165) is 58.2 Å². The van der Waals surface area contributed by atoms with E-state index in [1.165, 1.54) is 37.9 Å². The van der Waals surface area contributed by atoms with Crippen molar-refractivity contribution in [2.45, 2.75) is 76.4 Å². The van der Waals surface area contributed by atoms with E-state index in [0.29, 0.717) is 6.54 Å². The molecule has 2 rings (SSSR count). The van der Waals surface area contributed by atoms with Crippen molar-refractivity contribution in [3.63, 3.8) is 0 Å². The Balaban J connectivity index is 1.74. The van der Waals surface area contributed by atoms with Crippen LogP contribution in [0.15, 0.2) is 29.8 Å². The van der Waals surface area contributed by atoms with Crippen molar-refractivity contribution in [2.24, 2.45) is 16.5 Å². The number of aliphatic hydroxyl groups is 1. The molecule has 0 bridgehead atoms. The summed E-state index contributed by atoms with van der Waals surface area (Å²) >= 11 is 0. The number of allylic oxidation sites excluding steroid dienone is 1. The van der Waals surface area contributed by atoms with Gasteiger partial charge in [0.05, 0.1) is 19.6 Å². The van der Waals surface area contributed by atoms with Crippen molar-refractivity contribution in [3.05, 3.63) is 24.8 Å². The lowest BCUT2D eigenvalue weighted by atomic mass is 10.0. The van der Waals surface area contributed by atoms with Gasteiger partial charge in [-0.15, -0.1) is 6.58 Å². The van der Waals surface area contributed by atoms with Crippen LogP contribution in [0, 0.1) is 0 Å². The van der Waals surface area contributed by atoms with Crippen LogP contribution in [0.25, 0.3) is 0 Å². The number of amidine groups is 1. The van der Waals surface area contributed by atoms with Gasteiger partial charge in [0.25, 0.3) is 5.84 Å². The van der Waals surface area contributed by atoms with Crippen LogP contribution < -0.4 is 11.5 Å². The molecule has 6 nitrogen and oxygen atoms in total. The molecule has 1 atom stereocenters. The van der Waals surface area contributed by atoms with Crippen molar-refractivity contribution < 1.29 is 9.68 Å². The SMILES string of the molecule is C=CCCCCCCCC[C@]1(O)C=CC2=[N+](CCCCN=C(N)N)CCCN21. The molecule has 0 aliphatic carbocycles. The fourth-order valence-electron chi connectivity index (χ4n) is 4.15. The number of rotatable bonds is 14. The van der Waals surface area contributed by atoms with Crippen LogP contribution in [0.2, 0.25) is 0 Å². The Morgan fingerprint density at radius 3 is 2.68 bits per heavy atom. The van der Waals surface area contributed by atoms with Gasteiger partial charge in [0.2, 0.25) is 5.72 Å². The van der Waals surface area contributed by atoms with E-state index >= 15 is 0 Å². The van der Waals surface area contributed by atoms with Crippen LogP contribution in [-0.4, -0.2) is 58.3 Å². The lowest BCUT2D eigenvalue weighted by molar-refractivity contribution is -0.539. The molecule has 0 spiro atoms. The van der Waals surface area contributed by atoms with Crippen molar-refractivity contribution in [2.75, 3.05) is 26.2 Å². The monoisotopic (exact) mass is 390 g/mol. The first-order chi connectivity index (χ1) is 13.6. The molecule has 28 heavy (non-hydrogen) atoms. The van der Waals surface area contributed by atoms with Crippen LogP contribution in [0.5, 0.6) is 0 Å². The third-order valence-corrected chi connectivity index (χ3v) is 5.71. The first kappa shape index (κ1) is 22.5. The van der Waals surface area contributed by atoms with Crippen molar-refractivity contribution in [3.8, 4) is 0 Å². The van der Waals surface area contributed by atoms with Crippen LogP contribution >= 0.6 is 0 Å². The molecule has 6 heteroatoms. The molecule has 5 N–H and O–H groups in total. The minimum atomic E-state index is -0.796. The van der Waals surface area contributed by atoms with Crippen LogP contribution in [0.1, 0.15) is 70.6 Å². The molecule has 2 aliphatic rings. The summed E-state index contributed by atoms with van der Waals surface area (Å²) in [6, 6.07) is 0. The summed E-state index contributed by atoms with van der Waals surface area (Å²) in [5.74, 6) is 1.35. The number of hydrogen-bond donors (Lipinski definition) is 3. The van der Waals surface area contributed by atoms with E-state index < -0.39 is 5.72 Å². The second-order valence-electron chi connectivity index (χ2n) is 8.02. The molecular weight excluding hydrogens is 350 g/mol. The van der Waals surface area contributed by atoms with Gasteiger partial charge in [-0.1, -0.05) is 31.8 Å². The van der Waals surface area contributed by atoms with Crippen LogP contribution in [0.3, 0.4) is 0 Å². The van der Waals surface area contributed by atoms with Crippen molar-refractivity contribution in [1.82, 2.24) is 4.90 Å². The van der Waals surface area contributed by atoms with Crippen molar-refractivity contribution >= 4 is 11.8 Å². The summed E-state index contributed by atoms with van der Waals surface area (Å²) in [5, 5.41) is 11.2. The fourth-order valence-corrected chi connectivity index (χ4v) is 4.15. The number of aliphatic imine (C=N–C) groups is 1. The standard InChI is InChI=1S/C22H40N5O/c1-2-3-4-5-6-7-8-9-14-22(28)15-13-20-26(18-12-19-27(20)22)17-11-10-16-25-21(23)24/h2,13,15,28H,1,3-12,14,16-19H2,(H4,23,24,25)/q+1/t22-/m0/s1. The molecule has 0 saturated carbocycles. The fraction of sp³-hybridized carbons (Fsp3) is 0.727. The Morgan fingerprint density at radius 1 is 1.18 bits per heavy atom. The first-order valence-electron chi connectivity index (χ1n) is 11.0. The molecule has 0 amide bonds. The van der Waals surface area contributed by atoms with Gasteiger partial charge in [-0.3, -0.25) is 9.57 Å². The molecule has 0 unspecified atom stereocenters. The smallest absolute Gasteiger partial charge is 0.274 e. The van der Waals surface area contributed by atoms with Gasteiger partial charge < -0.3 is 16.6 Å². The van der Waals surface area contributed by atoms with E-state index in [9.17, 15) is 5.11 Å². The molecular formula is C22H40N5O+. The number of nitrogens with two attached hydrogens (primary N) is 2. The van der Waals surface area contributed by atoms with E-state index in [2.05, 4.69) is 27.1 Å². The Kier molecular flexibility index (Phi) is 9.55. The molecule has 0 aromatic rings. The molecule has 2 heterocycles. The van der Waals surface area contributed by atoms with Crippen LogP contribution in [-0.2, 0) is 0 Å². The highest BCUT2D eigenvalue weighted by molar-refractivity contribution is 5.92. The summed E-state index contributed by atoms with van der Waals surface area (Å²) < 4.78 is 2.40. The Hall–Kier alpha value is -1.82. The lowest BCUT2D eigenvalue weighted by Crippen LogP contribution is -2.52. The second kappa shape index (κ2) is 11.9. The maximum atomic E-state index is 11.2. The molecule has 0 aromatic carbocycles. The summed E-state index contributed by atoms with van der Waals surface area (Å²) in [7, 11) is 0. The zero-order valence-electron chi connectivity index (χ0n) is 17.5. The van der Waals surface area contributed by atoms with E-state index in [1.54, 1.807) is 0 Å². The Morgan fingerprint density at radius 2 is 1.93 bits per heavy atom. The summed E-state index contributed by atoms with van der Waals surface area (Å²) in [6.07, 6.45) is 18.5. The van der Waals surface area contributed by atoms with Gasteiger partial charge in [0.1, 0.15) is 0 Å². The number of fused-ring (bicyclic) bond motifs is 1. The van der Waals surface area contributed by atoms with Gasteiger partial charge in [-0.25, -0.2) is 4.90 Å². The summed E-state index contributed by atoms with van der Waals surface area (Å²) in [6.45, 7) is 7.43. The normalized spacial score (nSPS) is 21.1. The van der Waals surface area contributed by atoms with E-state index in [-0.39, 0.29) is 5.96 Å². The highest BCUT2D eigenvalue weighted by Gasteiger charge is 2.46. The largest absolute Gasteiger partial charge is 0.370 e. The highest BCUT2D eigenvalue weighted by Crippen LogP contribution is 2.30. The maximum Gasteiger partial charge on any atom is 0.274 e. The number of hydrogen-bond acceptors (Lipinski definition) is 3. The Bertz CT molecular complexity index is 579. The minimum Gasteiger partial charge on any atom is -0.370 e. The molecule has 0 aromatic heterocycles.